The van der Waals surface area contributed by atoms with Gasteiger partial charge in [-0.3, -0.25) is 9.36 Å². The number of nitrogens with one attached hydrogen (secondary N) is 2. The Labute approximate surface area is 189 Å². The number of anilines is 1. The molecule has 3 aromatic rings. The van der Waals surface area contributed by atoms with Crippen molar-refractivity contribution in [3.8, 4) is 5.82 Å². The van der Waals surface area contributed by atoms with E-state index in [0.29, 0.717) is 35.6 Å². The molecular formula is C21H24ClN7O3. The molecule has 1 amide bonds. The lowest BCUT2D eigenvalue weighted by Crippen LogP contribution is -2.40. The number of imidazole rings is 1. The lowest BCUT2D eigenvalue weighted by Gasteiger charge is -2.21. The minimum atomic E-state index is -1.32. The molecule has 0 spiro atoms. The molecule has 4 rings (SSSR count). The number of ether oxygens (including phenoxy) is 1. The fourth-order valence-corrected chi connectivity index (χ4v) is 3.63. The Morgan fingerprint density at radius 3 is 2.97 bits per heavy atom. The van der Waals surface area contributed by atoms with Crippen molar-refractivity contribution in [1.29, 1.82) is 0 Å². The van der Waals surface area contributed by atoms with E-state index in [1.165, 1.54) is 6.33 Å². The second-order valence-corrected chi connectivity index (χ2v) is 8.00. The number of hydrogen-bond acceptors (Lipinski definition) is 8. The van der Waals surface area contributed by atoms with E-state index in [-0.39, 0.29) is 11.7 Å². The van der Waals surface area contributed by atoms with Crippen LogP contribution in [-0.2, 0) is 4.74 Å². The second kappa shape index (κ2) is 9.61. The molecule has 0 saturated carbocycles. The van der Waals surface area contributed by atoms with Gasteiger partial charge in [-0.2, -0.15) is 4.98 Å². The molecule has 10 nitrogen and oxygen atoms in total. The van der Waals surface area contributed by atoms with Gasteiger partial charge in [-0.1, -0.05) is 23.7 Å². The van der Waals surface area contributed by atoms with Crippen molar-refractivity contribution >= 4 is 23.5 Å². The van der Waals surface area contributed by atoms with Gasteiger partial charge >= 0.3 is 0 Å². The molecule has 3 atom stereocenters. The zero-order chi connectivity index (χ0) is 22.7. The number of carbonyl (C=O) groups is 1. The van der Waals surface area contributed by atoms with Gasteiger partial charge in [0.15, 0.2) is 0 Å². The maximum Gasteiger partial charge on any atom is 0.272 e. The van der Waals surface area contributed by atoms with Crippen LogP contribution in [0.15, 0.2) is 43.0 Å². The molecule has 32 heavy (non-hydrogen) atoms. The van der Waals surface area contributed by atoms with Crippen LogP contribution < -0.4 is 16.4 Å². The highest BCUT2D eigenvalue weighted by atomic mass is 35.5. The molecule has 3 heterocycles. The summed E-state index contributed by atoms with van der Waals surface area (Å²) >= 11 is 6.02. The zero-order valence-electron chi connectivity index (χ0n) is 17.4. The van der Waals surface area contributed by atoms with Crippen LogP contribution in [0.2, 0.25) is 5.02 Å². The van der Waals surface area contributed by atoms with Gasteiger partial charge in [0.25, 0.3) is 5.91 Å². The molecule has 1 fully saturated rings. The Morgan fingerprint density at radius 2 is 2.25 bits per heavy atom. The number of nitrogens with two attached hydrogens (primary N) is 1. The molecule has 0 radical (unpaired) electrons. The standard InChI is InChI=1S/C21H24ClN7O3/c1-12-8-24-21(26-15-5-6-32-10-15)28-19(12)29-9-16(25-11-29)20(31)27-17(18(23)30)13-3-2-4-14(22)7-13/h2-4,7-9,11,15,17-18,30H,5-6,10,23H2,1H3,(H,27,31)(H,24,26,28)/t15-,17+,18+/m1/s1. The Bertz CT molecular complexity index is 1100. The van der Waals surface area contributed by atoms with Crippen molar-refractivity contribution in [2.24, 2.45) is 5.73 Å². The molecule has 1 aliphatic rings. The maximum atomic E-state index is 12.8. The van der Waals surface area contributed by atoms with Crippen molar-refractivity contribution in [2.45, 2.75) is 31.7 Å². The first-order chi connectivity index (χ1) is 15.4. The second-order valence-electron chi connectivity index (χ2n) is 7.57. The lowest BCUT2D eigenvalue weighted by atomic mass is 10.1. The van der Waals surface area contributed by atoms with E-state index >= 15 is 0 Å². The molecule has 5 N–H and O–H groups in total. The first kappa shape index (κ1) is 22.2. The van der Waals surface area contributed by atoms with Crippen LogP contribution in [0.3, 0.4) is 0 Å². The third kappa shape index (κ3) is 5.05. The molecule has 0 aliphatic carbocycles. The highest BCUT2D eigenvalue weighted by Crippen LogP contribution is 2.20. The lowest BCUT2D eigenvalue weighted by molar-refractivity contribution is 0.0837. The van der Waals surface area contributed by atoms with Gasteiger partial charge in [0.2, 0.25) is 5.95 Å². The summed E-state index contributed by atoms with van der Waals surface area (Å²) < 4.78 is 7.02. The van der Waals surface area contributed by atoms with Gasteiger partial charge < -0.3 is 26.2 Å². The van der Waals surface area contributed by atoms with Crippen molar-refractivity contribution in [1.82, 2.24) is 24.8 Å². The third-order valence-electron chi connectivity index (χ3n) is 5.10. The average Bonchev–Trinajstić information content (AvgIpc) is 3.45. The molecule has 168 valence electrons. The fraction of sp³-hybridized carbons (Fsp3) is 0.333. The Hall–Kier alpha value is -3.05. The fourth-order valence-electron chi connectivity index (χ4n) is 3.43. The van der Waals surface area contributed by atoms with Crippen LogP contribution in [0.25, 0.3) is 5.82 Å². The number of amides is 1. The summed E-state index contributed by atoms with van der Waals surface area (Å²) in [6.07, 6.45) is 4.34. The smallest absolute Gasteiger partial charge is 0.272 e. The third-order valence-corrected chi connectivity index (χ3v) is 5.34. The number of nitrogens with zero attached hydrogens (tertiary/aromatic N) is 4. The summed E-state index contributed by atoms with van der Waals surface area (Å²) in [5, 5.41) is 16.4. The van der Waals surface area contributed by atoms with E-state index in [9.17, 15) is 9.90 Å². The van der Waals surface area contributed by atoms with Gasteiger partial charge in [0.1, 0.15) is 24.1 Å². The first-order valence-electron chi connectivity index (χ1n) is 10.1. The Balaban J connectivity index is 1.52. The van der Waals surface area contributed by atoms with Crippen LogP contribution in [-0.4, -0.2) is 56.0 Å². The predicted molar refractivity (Wildman–Crippen MR) is 119 cm³/mol. The van der Waals surface area contributed by atoms with Crippen LogP contribution in [0.5, 0.6) is 0 Å². The summed E-state index contributed by atoms with van der Waals surface area (Å²) in [5.41, 5.74) is 7.23. The number of benzene rings is 1. The van der Waals surface area contributed by atoms with Crippen molar-refractivity contribution in [3.05, 3.63) is 64.8 Å². The van der Waals surface area contributed by atoms with Gasteiger partial charge in [-0.25, -0.2) is 9.97 Å². The number of hydrogen-bond donors (Lipinski definition) is 4. The number of aliphatic hydroxyl groups excluding tert-OH is 1. The topological polar surface area (TPSA) is 140 Å². The van der Waals surface area contributed by atoms with E-state index < -0.39 is 18.2 Å². The largest absolute Gasteiger partial charge is 0.379 e. The average molecular weight is 458 g/mol. The van der Waals surface area contributed by atoms with Crippen molar-refractivity contribution < 1.29 is 14.6 Å². The van der Waals surface area contributed by atoms with Gasteiger partial charge in [0, 0.05) is 29.6 Å². The van der Waals surface area contributed by atoms with E-state index in [1.807, 2.05) is 6.92 Å². The highest BCUT2D eigenvalue weighted by molar-refractivity contribution is 6.30. The van der Waals surface area contributed by atoms with Crippen LogP contribution in [0.1, 0.15) is 34.1 Å². The zero-order valence-corrected chi connectivity index (χ0v) is 18.2. The maximum absolute atomic E-state index is 12.8. The number of aryl methyl sites for hydroxylation is 1. The molecule has 0 unspecified atom stereocenters. The van der Waals surface area contributed by atoms with E-state index in [0.717, 1.165) is 12.0 Å². The normalized spacial score (nSPS) is 17.7. The number of aromatic nitrogens is 4. The number of rotatable bonds is 7. The van der Waals surface area contributed by atoms with Gasteiger partial charge in [-0.05, 0) is 31.0 Å². The van der Waals surface area contributed by atoms with Crippen molar-refractivity contribution in [3.63, 3.8) is 0 Å². The monoisotopic (exact) mass is 457 g/mol. The van der Waals surface area contributed by atoms with Crippen molar-refractivity contribution in [2.75, 3.05) is 18.5 Å². The summed E-state index contributed by atoms with van der Waals surface area (Å²) in [7, 11) is 0. The number of carbonyl (C=O) groups excluding carboxylic acids is 1. The molecule has 0 bridgehead atoms. The molecule has 1 aromatic carbocycles. The summed E-state index contributed by atoms with van der Waals surface area (Å²) in [6.45, 7) is 3.20. The number of halogens is 1. The summed E-state index contributed by atoms with van der Waals surface area (Å²) in [5.74, 6) is 0.581. The summed E-state index contributed by atoms with van der Waals surface area (Å²) in [6, 6.07) is 6.09. The minimum Gasteiger partial charge on any atom is -0.379 e. The summed E-state index contributed by atoms with van der Waals surface area (Å²) in [4.78, 5) is 25.9. The van der Waals surface area contributed by atoms with E-state index in [2.05, 4.69) is 25.6 Å². The van der Waals surface area contributed by atoms with Gasteiger partial charge in [0.05, 0.1) is 18.7 Å². The van der Waals surface area contributed by atoms with Crippen LogP contribution in [0, 0.1) is 6.92 Å². The molecule has 11 heteroatoms. The molecular weight excluding hydrogens is 434 g/mol. The quantitative estimate of drug-likeness (QED) is 0.392. The molecule has 1 aliphatic heterocycles. The highest BCUT2D eigenvalue weighted by Gasteiger charge is 2.23. The minimum absolute atomic E-state index is 0.148. The molecule has 2 aromatic heterocycles. The predicted octanol–water partition coefficient (Wildman–Crippen LogP) is 1.57. The Morgan fingerprint density at radius 1 is 1.41 bits per heavy atom. The SMILES string of the molecule is Cc1cnc(N[C@@H]2CCOC2)nc1-n1cnc(C(=O)N[C@@H](c2cccc(Cl)c2)[C@@H](N)O)c1. The Kier molecular flexibility index (Phi) is 6.66. The van der Waals surface area contributed by atoms with Crippen LogP contribution in [0.4, 0.5) is 5.95 Å². The van der Waals surface area contributed by atoms with E-state index in [4.69, 9.17) is 22.1 Å². The van der Waals surface area contributed by atoms with Crippen LogP contribution >= 0.6 is 11.6 Å². The number of aliphatic hydroxyl groups is 1. The first-order valence-corrected chi connectivity index (χ1v) is 10.5. The van der Waals surface area contributed by atoms with Gasteiger partial charge in [-0.15, -0.1) is 0 Å². The van der Waals surface area contributed by atoms with E-state index in [1.54, 1.807) is 41.2 Å². The molecule has 1 saturated heterocycles.